The number of hydrogen-bond acceptors (Lipinski definition) is 3. The fourth-order valence-corrected chi connectivity index (χ4v) is 3.71. The number of ether oxygens (including phenoxy) is 1. The molecule has 2 aliphatic rings. The Labute approximate surface area is 158 Å². The molecule has 1 unspecified atom stereocenters. The Morgan fingerprint density at radius 1 is 1.11 bits per heavy atom. The van der Waals surface area contributed by atoms with E-state index in [2.05, 4.69) is 5.32 Å². The summed E-state index contributed by atoms with van der Waals surface area (Å²) in [5.41, 5.74) is 3.87. The van der Waals surface area contributed by atoms with Crippen molar-refractivity contribution in [3.05, 3.63) is 59.7 Å². The molecule has 6 heteroatoms. The molecule has 0 radical (unpaired) electrons. The van der Waals surface area contributed by atoms with Crippen molar-refractivity contribution in [2.45, 2.75) is 19.4 Å². The molecule has 3 amide bonds. The van der Waals surface area contributed by atoms with E-state index >= 15 is 0 Å². The van der Waals surface area contributed by atoms with Crippen molar-refractivity contribution < 1.29 is 14.3 Å². The maximum atomic E-state index is 12.7. The molecule has 2 heterocycles. The van der Waals surface area contributed by atoms with Crippen LogP contribution in [-0.4, -0.2) is 43.1 Å². The number of nitrogens with one attached hydrogen (secondary N) is 1. The lowest BCUT2D eigenvalue weighted by atomic mass is 10.1. The first kappa shape index (κ1) is 17.5. The highest BCUT2D eigenvalue weighted by Gasteiger charge is 2.26. The Balaban J connectivity index is 1.43. The largest absolute Gasteiger partial charge is 0.370 e. The molecular formula is C21H23N3O3. The van der Waals surface area contributed by atoms with Gasteiger partial charge in [-0.15, -0.1) is 0 Å². The van der Waals surface area contributed by atoms with Crippen LogP contribution in [0.3, 0.4) is 0 Å². The zero-order valence-corrected chi connectivity index (χ0v) is 15.4. The van der Waals surface area contributed by atoms with Crippen LogP contribution in [0.4, 0.5) is 16.2 Å². The number of hydrogen-bond donors (Lipinski definition) is 1. The van der Waals surface area contributed by atoms with Gasteiger partial charge in [-0.1, -0.05) is 30.3 Å². The Morgan fingerprint density at radius 3 is 2.70 bits per heavy atom. The molecule has 4 rings (SSSR count). The molecule has 1 saturated heterocycles. The van der Waals surface area contributed by atoms with Crippen molar-refractivity contribution in [1.82, 2.24) is 4.90 Å². The lowest BCUT2D eigenvalue weighted by Crippen LogP contribution is -2.44. The fraction of sp³-hybridized carbons (Fsp3) is 0.333. The number of anilines is 2. The van der Waals surface area contributed by atoms with Gasteiger partial charge in [0.05, 0.1) is 13.2 Å². The van der Waals surface area contributed by atoms with E-state index in [1.54, 1.807) is 16.7 Å². The number of carbonyl (C=O) groups is 2. The molecule has 0 aliphatic carbocycles. The van der Waals surface area contributed by atoms with Gasteiger partial charge >= 0.3 is 6.03 Å². The highest BCUT2D eigenvalue weighted by atomic mass is 16.5. The van der Waals surface area contributed by atoms with E-state index in [-0.39, 0.29) is 18.0 Å². The van der Waals surface area contributed by atoms with Crippen molar-refractivity contribution >= 4 is 23.3 Å². The zero-order valence-electron chi connectivity index (χ0n) is 15.4. The maximum absolute atomic E-state index is 12.7. The Morgan fingerprint density at radius 2 is 1.93 bits per heavy atom. The van der Waals surface area contributed by atoms with Crippen LogP contribution in [0.5, 0.6) is 0 Å². The van der Waals surface area contributed by atoms with Gasteiger partial charge in [0.15, 0.2) is 0 Å². The molecule has 2 aromatic rings. The summed E-state index contributed by atoms with van der Waals surface area (Å²) in [5.74, 6) is 0.0470. The van der Waals surface area contributed by atoms with Crippen LogP contribution >= 0.6 is 0 Å². The number of rotatable bonds is 2. The smallest absolute Gasteiger partial charge is 0.322 e. The minimum Gasteiger partial charge on any atom is -0.370 e. The Kier molecular flexibility index (Phi) is 4.81. The number of morpholine rings is 1. The summed E-state index contributed by atoms with van der Waals surface area (Å²) in [6.07, 6.45) is 0.710. The number of fused-ring (bicyclic) bond motifs is 1. The summed E-state index contributed by atoms with van der Waals surface area (Å²) in [6.45, 7) is 3.89. The average molecular weight is 365 g/mol. The van der Waals surface area contributed by atoms with Crippen molar-refractivity contribution in [3.63, 3.8) is 0 Å². The van der Waals surface area contributed by atoms with E-state index < -0.39 is 0 Å². The SMILES string of the molecule is CC(=O)N1CCc2cc(NC(=O)N3CCOC(c4ccccc4)C3)ccc21. The lowest BCUT2D eigenvalue weighted by Gasteiger charge is -2.33. The maximum Gasteiger partial charge on any atom is 0.322 e. The van der Waals surface area contributed by atoms with Gasteiger partial charge < -0.3 is 19.9 Å². The molecule has 140 valence electrons. The number of amides is 3. The molecule has 0 aromatic heterocycles. The van der Waals surface area contributed by atoms with Crippen molar-refractivity contribution in [2.75, 3.05) is 36.5 Å². The number of carbonyl (C=O) groups excluding carboxylic acids is 2. The quantitative estimate of drug-likeness (QED) is 0.889. The zero-order chi connectivity index (χ0) is 18.8. The first-order valence-electron chi connectivity index (χ1n) is 9.25. The van der Waals surface area contributed by atoms with Gasteiger partial charge in [0.25, 0.3) is 0 Å². The van der Waals surface area contributed by atoms with Crippen LogP contribution in [0.2, 0.25) is 0 Å². The predicted octanol–water partition coefficient (Wildman–Crippen LogP) is 3.20. The molecule has 0 bridgehead atoms. The first-order chi connectivity index (χ1) is 13.1. The van der Waals surface area contributed by atoms with Crippen LogP contribution < -0.4 is 10.2 Å². The van der Waals surface area contributed by atoms with Crippen LogP contribution in [0.25, 0.3) is 0 Å². The molecule has 6 nitrogen and oxygen atoms in total. The topological polar surface area (TPSA) is 61.9 Å². The van der Waals surface area contributed by atoms with Crippen molar-refractivity contribution in [2.24, 2.45) is 0 Å². The second kappa shape index (κ2) is 7.40. The second-order valence-corrected chi connectivity index (χ2v) is 6.91. The summed E-state index contributed by atoms with van der Waals surface area (Å²) >= 11 is 0. The first-order valence-corrected chi connectivity index (χ1v) is 9.25. The van der Waals surface area contributed by atoms with E-state index in [4.69, 9.17) is 4.74 Å². The minimum absolute atomic E-state index is 0.0470. The van der Waals surface area contributed by atoms with E-state index in [9.17, 15) is 9.59 Å². The van der Waals surface area contributed by atoms with Gasteiger partial charge in [-0.05, 0) is 35.7 Å². The van der Waals surface area contributed by atoms with Crippen molar-refractivity contribution in [3.8, 4) is 0 Å². The third-order valence-corrected chi connectivity index (χ3v) is 5.13. The van der Waals surface area contributed by atoms with E-state index in [0.717, 1.165) is 28.9 Å². The predicted molar refractivity (Wildman–Crippen MR) is 104 cm³/mol. The monoisotopic (exact) mass is 365 g/mol. The highest BCUT2D eigenvalue weighted by molar-refractivity contribution is 5.95. The fourth-order valence-electron chi connectivity index (χ4n) is 3.71. The molecular weight excluding hydrogens is 342 g/mol. The molecule has 1 atom stereocenters. The molecule has 2 aromatic carbocycles. The van der Waals surface area contributed by atoms with Crippen LogP contribution in [-0.2, 0) is 16.0 Å². The van der Waals surface area contributed by atoms with E-state index in [1.165, 1.54) is 0 Å². The second-order valence-electron chi connectivity index (χ2n) is 6.91. The molecule has 1 N–H and O–H groups in total. The van der Waals surface area contributed by atoms with E-state index in [0.29, 0.717) is 26.2 Å². The summed E-state index contributed by atoms with van der Waals surface area (Å²) in [4.78, 5) is 27.9. The lowest BCUT2D eigenvalue weighted by molar-refractivity contribution is -0.116. The number of benzene rings is 2. The summed E-state index contributed by atoms with van der Waals surface area (Å²) in [7, 11) is 0. The molecule has 0 spiro atoms. The molecule has 2 aliphatic heterocycles. The molecule has 0 saturated carbocycles. The third kappa shape index (κ3) is 3.66. The highest BCUT2D eigenvalue weighted by Crippen LogP contribution is 2.31. The van der Waals surface area contributed by atoms with Gasteiger partial charge in [-0.3, -0.25) is 4.79 Å². The summed E-state index contributed by atoms with van der Waals surface area (Å²) < 4.78 is 5.83. The van der Waals surface area contributed by atoms with Gasteiger partial charge in [-0.25, -0.2) is 4.79 Å². The number of nitrogens with zero attached hydrogens (tertiary/aromatic N) is 2. The minimum atomic E-state index is -0.124. The van der Waals surface area contributed by atoms with Gasteiger partial charge in [-0.2, -0.15) is 0 Å². The Bertz CT molecular complexity index is 853. The van der Waals surface area contributed by atoms with Crippen LogP contribution in [0.1, 0.15) is 24.2 Å². The Hall–Kier alpha value is -2.86. The normalized spacial score (nSPS) is 18.9. The average Bonchev–Trinajstić information content (AvgIpc) is 3.12. The van der Waals surface area contributed by atoms with Crippen LogP contribution in [0, 0.1) is 0 Å². The standard InChI is InChI=1S/C21H23N3O3/c1-15(25)24-10-9-17-13-18(7-8-19(17)24)22-21(26)23-11-12-27-20(14-23)16-5-3-2-4-6-16/h2-8,13,20H,9-12,14H2,1H3,(H,22,26). The van der Waals surface area contributed by atoms with Gasteiger partial charge in [0, 0.05) is 31.4 Å². The number of urea groups is 1. The molecule has 1 fully saturated rings. The van der Waals surface area contributed by atoms with Gasteiger partial charge in [0.1, 0.15) is 6.10 Å². The summed E-state index contributed by atoms with van der Waals surface area (Å²) in [5, 5.41) is 2.99. The van der Waals surface area contributed by atoms with E-state index in [1.807, 2.05) is 48.5 Å². The van der Waals surface area contributed by atoms with Crippen molar-refractivity contribution in [1.29, 1.82) is 0 Å². The van der Waals surface area contributed by atoms with Gasteiger partial charge in [0.2, 0.25) is 5.91 Å². The summed E-state index contributed by atoms with van der Waals surface area (Å²) in [6, 6.07) is 15.6. The molecule has 27 heavy (non-hydrogen) atoms. The third-order valence-electron chi connectivity index (χ3n) is 5.13. The van der Waals surface area contributed by atoms with Crippen LogP contribution in [0.15, 0.2) is 48.5 Å².